The van der Waals surface area contributed by atoms with Gasteiger partial charge in [-0.1, -0.05) is 18.2 Å². The maximum absolute atomic E-state index is 13.2. The number of fused-ring (bicyclic) bond motifs is 1. The molecule has 0 aliphatic carbocycles. The zero-order chi connectivity index (χ0) is 19.0. The predicted molar refractivity (Wildman–Crippen MR) is 94.2 cm³/mol. The van der Waals surface area contributed by atoms with Crippen LogP contribution in [-0.2, 0) is 23.0 Å². The third-order valence-corrected chi connectivity index (χ3v) is 6.29. The second-order valence-corrected chi connectivity index (χ2v) is 8.18. The molecule has 0 amide bonds. The smallest absolute Gasteiger partial charge is 0.267 e. The van der Waals surface area contributed by atoms with Crippen molar-refractivity contribution in [2.75, 3.05) is 10.8 Å². The molecule has 1 aliphatic rings. The number of rotatable bonds is 5. The molecule has 1 atom stereocenters. The van der Waals surface area contributed by atoms with Crippen molar-refractivity contribution in [1.82, 2.24) is 19.3 Å². The van der Waals surface area contributed by atoms with Crippen LogP contribution in [0, 0.1) is 0 Å². The van der Waals surface area contributed by atoms with Crippen molar-refractivity contribution in [3.05, 3.63) is 60.9 Å². The minimum atomic E-state index is -3.94. The van der Waals surface area contributed by atoms with Gasteiger partial charge in [-0.2, -0.15) is 5.10 Å². The SMILES string of the molecule is O=S(=O)(c1cnn(CC(F)F)c1)N1CC(n2ccnc2)Cc2ccccc21. The van der Waals surface area contributed by atoms with Crippen LogP contribution in [0.4, 0.5) is 14.5 Å². The van der Waals surface area contributed by atoms with E-state index in [9.17, 15) is 17.2 Å². The number of halogens is 2. The minimum absolute atomic E-state index is 0.107. The lowest BCUT2D eigenvalue weighted by atomic mass is 10.00. The summed E-state index contributed by atoms with van der Waals surface area (Å²) < 4.78 is 55.7. The summed E-state index contributed by atoms with van der Waals surface area (Å²) in [6.45, 7) is -0.431. The molecule has 3 aromatic rings. The summed E-state index contributed by atoms with van der Waals surface area (Å²) in [4.78, 5) is 3.93. The molecule has 27 heavy (non-hydrogen) atoms. The molecule has 1 aliphatic heterocycles. The van der Waals surface area contributed by atoms with Gasteiger partial charge in [-0.25, -0.2) is 22.2 Å². The lowest BCUT2D eigenvalue weighted by Gasteiger charge is -2.35. The second-order valence-electron chi connectivity index (χ2n) is 6.32. The van der Waals surface area contributed by atoms with Crippen LogP contribution < -0.4 is 4.31 Å². The van der Waals surface area contributed by atoms with E-state index in [1.165, 1.54) is 4.31 Å². The number of hydrogen-bond acceptors (Lipinski definition) is 4. The molecule has 0 radical (unpaired) electrons. The van der Waals surface area contributed by atoms with E-state index in [0.29, 0.717) is 12.1 Å². The topological polar surface area (TPSA) is 73.0 Å². The van der Waals surface area contributed by atoms with Gasteiger partial charge in [0.25, 0.3) is 16.4 Å². The fourth-order valence-electron chi connectivity index (χ4n) is 3.29. The van der Waals surface area contributed by atoms with E-state index in [4.69, 9.17) is 0 Å². The molecule has 3 heterocycles. The number of imidazole rings is 1. The highest BCUT2D eigenvalue weighted by Crippen LogP contribution is 2.35. The molecule has 1 unspecified atom stereocenters. The first kappa shape index (κ1) is 17.7. The Balaban J connectivity index is 1.73. The molecule has 0 spiro atoms. The molecular weight excluding hydrogens is 376 g/mol. The van der Waals surface area contributed by atoms with E-state index in [0.717, 1.165) is 22.6 Å². The highest BCUT2D eigenvalue weighted by Gasteiger charge is 2.34. The Labute approximate surface area is 154 Å². The molecule has 0 N–H and O–H groups in total. The summed E-state index contributed by atoms with van der Waals surface area (Å²) in [6.07, 6.45) is 5.42. The van der Waals surface area contributed by atoms with E-state index in [1.807, 2.05) is 16.7 Å². The Bertz CT molecular complexity index is 1030. The van der Waals surface area contributed by atoms with E-state index in [2.05, 4.69) is 10.1 Å². The zero-order valence-electron chi connectivity index (χ0n) is 14.2. The molecule has 0 saturated carbocycles. The van der Waals surface area contributed by atoms with Crippen LogP contribution in [0.5, 0.6) is 0 Å². The fourth-order valence-corrected chi connectivity index (χ4v) is 4.79. The lowest BCUT2D eigenvalue weighted by Crippen LogP contribution is -2.40. The van der Waals surface area contributed by atoms with Crippen LogP contribution in [0.15, 0.2) is 60.3 Å². The summed E-state index contributed by atoms with van der Waals surface area (Å²) in [5.74, 6) is 0. The van der Waals surface area contributed by atoms with Crippen LogP contribution in [0.3, 0.4) is 0 Å². The maximum Gasteiger partial charge on any atom is 0.267 e. The Morgan fingerprint density at radius 3 is 2.81 bits per heavy atom. The quantitative estimate of drug-likeness (QED) is 0.667. The first-order chi connectivity index (χ1) is 12.9. The number of nitrogens with zero attached hydrogens (tertiary/aromatic N) is 5. The number of sulfonamides is 1. The predicted octanol–water partition coefficient (Wildman–Crippen LogP) is 2.34. The highest BCUT2D eigenvalue weighted by atomic mass is 32.2. The van der Waals surface area contributed by atoms with Crippen LogP contribution in [-0.4, -0.2) is 40.7 Å². The van der Waals surface area contributed by atoms with Gasteiger partial charge in [0, 0.05) is 18.6 Å². The van der Waals surface area contributed by atoms with Crippen LogP contribution in [0.25, 0.3) is 0 Å². The summed E-state index contributed by atoms with van der Waals surface area (Å²) in [5.41, 5.74) is 1.49. The fraction of sp³-hybridized carbons (Fsp3) is 0.294. The summed E-state index contributed by atoms with van der Waals surface area (Å²) >= 11 is 0. The van der Waals surface area contributed by atoms with Crippen molar-refractivity contribution in [3.8, 4) is 0 Å². The van der Waals surface area contributed by atoms with Crippen LogP contribution >= 0.6 is 0 Å². The van der Waals surface area contributed by atoms with Crippen molar-refractivity contribution in [1.29, 1.82) is 0 Å². The maximum atomic E-state index is 13.2. The van der Waals surface area contributed by atoms with Crippen molar-refractivity contribution in [2.45, 2.75) is 30.3 Å². The van der Waals surface area contributed by atoms with E-state index in [-0.39, 0.29) is 17.5 Å². The molecule has 2 aromatic heterocycles. The molecule has 0 saturated heterocycles. The number of hydrogen-bond donors (Lipinski definition) is 0. The van der Waals surface area contributed by atoms with E-state index >= 15 is 0 Å². The first-order valence-corrected chi connectivity index (χ1v) is 9.78. The summed E-state index contributed by atoms with van der Waals surface area (Å²) in [5, 5.41) is 3.76. The molecule has 0 fully saturated rings. The van der Waals surface area contributed by atoms with E-state index in [1.54, 1.807) is 30.9 Å². The van der Waals surface area contributed by atoms with Gasteiger partial charge in [0.2, 0.25) is 0 Å². The Kier molecular flexibility index (Phi) is 4.42. The summed E-state index contributed by atoms with van der Waals surface area (Å²) in [7, 11) is -3.94. The largest absolute Gasteiger partial charge is 0.332 e. The average molecular weight is 393 g/mol. The van der Waals surface area contributed by atoms with Crippen molar-refractivity contribution in [2.24, 2.45) is 0 Å². The normalized spacial score (nSPS) is 17.3. The molecule has 1 aromatic carbocycles. The van der Waals surface area contributed by atoms with Gasteiger partial charge in [-0.15, -0.1) is 0 Å². The van der Waals surface area contributed by atoms with Crippen molar-refractivity contribution in [3.63, 3.8) is 0 Å². The number of alkyl halides is 2. The van der Waals surface area contributed by atoms with Crippen LogP contribution in [0.1, 0.15) is 11.6 Å². The van der Waals surface area contributed by atoms with Gasteiger partial charge in [0.15, 0.2) is 0 Å². The molecular formula is C17H17F2N5O2S. The first-order valence-electron chi connectivity index (χ1n) is 8.34. The highest BCUT2D eigenvalue weighted by molar-refractivity contribution is 7.92. The molecule has 7 nitrogen and oxygen atoms in total. The van der Waals surface area contributed by atoms with Gasteiger partial charge < -0.3 is 4.57 Å². The number of para-hydroxylation sites is 1. The van der Waals surface area contributed by atoms with Gasteiger partial charge in [-0.05, 0) is 18.1 Å². The molecule has 10 heteroatoms. The third-order valence-electron chi connectivity index (χ3n) is 4.56. The van der Waals surface area contributed by atoms with Gasteiger partial charge >= 0.3 is 0 Å². The van der Waals surface area contributed by atoms with Gasteiger partial charge in [0.05, 0.1) is 30.8 Å². The van der Waals surface area contributed by atoms with Crippen molar-refractivity contribution >= 4 is 15.7 Å². The monoisotopic (exact) mass is 393 g/mol. The van der Waals surface area contributed by atoms with Crippen molar-refractivity contribution < 1.29 is 17.2 Å². The second kappa shape index (κ2) is 6.76. The minimum Gasteiger partial charge on any atom is -0.332 e. The number of aromatic nitrogens is 4. The molecule has 4 rings (SSSR count). The zero-order valence-corrected chi connectivity index (χ0v) is 15.0. The summed E-state index contributed by atoms with van der Waals surface area (Å²) in [6, 6.07) is 7.16. The molecule has 0 bridgehead atoms. The van der Waals surface area contributed by atoms with Gasteiger partial charge in [-0.3, -0.25) is 8.99 Å². The van der Waals surface area contributed by atoms with Crippen LogP contribution in [0.2, 0.25) is 0 Å². The number of benzene rings is 1. The Morgan fingerprint density at radius 1 is 1.26 bits per heavy atom. The Morgan fingerprint density at radius 2 is 2.07 bits per heavy atom. The third kappa shape index (κ3) is 3.32. The van der Waals surface area contributed by atoms with Gasteiger partial charge in [0.1, 0.15) is 11.4 Å². The number of anilines is 1. The molecule has 142 valence electrons. The van der Waals surface area contributed by atoms with E-state index < -0.39 is 23.0 Å². The Hall–Kier alpha value is -2.75. The average Bonchev–Trinajstić information content (AvgIpc) is 3.32. The lowest BCUT2D eigenvalue weighted by molar-refractivity contribution is 0.121. The standard InChI is InChI=1S/C17H17F2N5O2S/c18-17(19)11-23-10-15(8-21-23)27(25,26)24-9-14(22-6-5-20-12-22)7-13-3-1-2-4-16(13)24/h1-6,8,10,12,14,17H,7,9,11H2.